The smallest absolute Gasteiger partial charge is 0.308 e. The minimum Gasteiger partial charge on any atom is -0.481 e. The summed E-state index contributed by atoms with van der Waals surface area (Å²) in [5.74, 6) is -1.87. The summed E-state index contributed by atoms with van der Waals surface area (Å²) in [6.07, 6.45) is 0. The lowest BCUT2D eigenvalue weighted by atomic mass is 10.1. The molecule has 0 aliphatic heterocycles. The topological polar surface area (TPSA) is 66.4 Å². The van der Waals surface area contributed by atoms with E-state index >= 15 is 0 Å². The standard InChI is InChI=1S/C11H11ClINO3/c1-6(11(16)17)5-14-10(15)8-4-7(12)2-3-9(8)13/h2-4,6H,5H2,1H3,(H,14,15)(H,16,17). The van der Waals surface area contributed by atoms with Gasteiger partial charge in [0.2, 0.25) is 0 Å². The van der Waals surface area contributed by atoms with Crippen LogP contribution in [0.5, 0.6) is 0 Å². The summed E-state index contributed by atoms with van der Waals surface area (Å²) in [4.78, 5) is 22.4. The molecule has 1 unspecified atom stereocenters. The number of halogens is 2. The van der Waals surface area contributed by atoms with Crippen molar-refractivity contribution in [2.24, 2.45) is 5.92 Å². The Morgan fingerprint density at radius 2 is 2.18 bits per heavy atom. The first kappa shape index (κ1) is 14.2. The maximum atomic E-state index is 11.8. The number of aliphatic carboxylic acids is 1. The van der Waals surface area contributed by atoms with E-state index in [1.54, 1.807) is 18.2 Å². The van der Waals surface area contributed by atoms with Gasteiger partial charge in [-0.2, -0.15) is 0 Å². The van der Waals surface area contributed by atoms with Gasteiger partial charge < -0.3 is 10.4 Å². The lowest BCUT2D eigenvalue weighted by molar-refractivity contribution is -0.140. The molecule has 0 bridgehead atoms. The van der Waals surface area contributed by atoms with Gasteiger partial charge in [0.15, 0.2) is 0 Å². The monoisotopic (exact) mass is 367 g/mol. The van der Waals surface area contributed by atoms with Gasteiger partial charge in [-0.25, -0.2) is 0 Å². The van der Waals surface area contributed by atoms with Gasteiger partial charge in [-0.05, 0) is 40.8 Å². The van der Waals surface area contributed by atoms with E-state index in [4.69, 9.17) is 16.7 Å². The lowest BCUT2D eigenvalue weighted by Gasteiger charge is -2.09. The van der Waals surface area contributed by atoms with Crippen molar-refractivity contribution in [1.82, 2.24) is 5.32 Å². The number of nitrogens with one attached hydrogen (secondary N) is 1. The van der Waals surface area contributed by atoms with E-state index in [-0.39, 0.29) is 12.5 Å². The quantitative estimate of drug-likeness (QED) is 0.803. The molecule has 0 saturated heterocycles. The van der Waals surface area contributed by atoms with Crippen LogP contribution in [0.4, 0.5) is 0 Å². The second kappa shape index (κ2) is 6.20. The molecule has 1 atom stereocenters. The number of amides is 1. The van der Waals surface area contributed by atoms with E-state index in [1.807, 2.05) is 22.6 Å². The summed E-state index contributed by atoms with van der Waals surface area (Å²) in [5, 5.41) is 11.7. The van der Waals surface area contributed by atoms with Gasteiger partial charge in [-0.15, -0.1) is 0 Å². The van der Waals surface area contributed by atoms with Gasteiger partial charge in [0, 0.05) is 15.1 Å². The van der Waals surface area contributed by atoms with E-state index in [0.717, 1.165) is 3.57 Å². The van der Waals surface area contributed by atoms with Gasteiger partial charge in [0.05, 0.1) is 11.5 Å². The number of carboxylic acid groups (broad SMARTS) is 1. The highest BCUT2D eigenvalue weighted by Crippen LogP contribution is 2.17. The molecule has 0 radical (unpaired) electrons. The van der Waals surface area contributed by atoms with E-state index in [2.05, 4.69) is 5.32 Å². The molecule has 0 fully saturated rings. The Labute approximate surface area is 117 Å². The Hall–Kier alpha value is -0.820. The molecule has 0 spiro atoms. The molecular weight excluding hydrogens is 356 g/mol. The number of rotatable bonds is 4. The van der Waals surface area contributed by atoms with Crippen LogP contribution in [0.3, 0.4) is 0 Å². The fourth-order valence-electron chi connectivity index (χ4n) is 1.10. The molecule has 1 rings (SSSR count). The van der Waals surface area contributed by atoms with E-state index in [9.17, 15) is 9.59 Å². The van der Waals surface area contributed by atoms with Crippen LogP contribution in [0, 0.1) is 9.49 Å². The van der Waals surface area contributed by atoms with Crippen LogP contribution in [0.25, 0.3) is 0 Å². The highest BCUT2D eigenvalue weighted by atomic mass is 127. The van der Waals surface area contributed by atoms with Crippen LogP contribution in [0.1, 0.15) is 17.3 Å². The highest BCUT2D eigenvalue weighted by Gasteiger charge is 2.14. The number of carboxylic acids is 1. The molecule has 1 aromatic rings. The largest absolute Gasteiger partial charge is 0.481 e. The lowest BCUT2D eigenvalue weighted by Crippen LogP contribution is -2.31. The molecular formula is C11H11ClINO3. The van der Waals surface area contributed by atoms with E-state index in [0.29, 0.717) is 10.6 Å². The van der Waals surface area contributed by atoms with Gasteiger partial charge >= 0.3 is 5.97 Å². The molecule has 17 heavy (non-hydrogen) atoms. The van der Waals surface area contributed by atoms with Crippen molar-refractivity contribution in [3.63, 3.8) is 0 Å². The summed E-state index contributed by atoms with van der Waals surface area (Å²) >= 11 is 7.82. The number of carbonyl (C=O) groups excluding carboxylic acids is 1. The van der Waals surface area contributed by atoms with Crippen molar-refractivity contribution < 1.29 is 14.7 Å². The summed E-state index contributed by atoms with van der Waals surface area (Å²) in [5.41, 5.74) is 0.454. The summed E-state index contributed by atoms with van der Waals surface area (Å²) in [7, 11) is 0. The Balaban J connectivity index is 2.70. The first-order chi connectivity index (χ1) is 7.91. The minimum absolute atomic E-state index is 0.0940. The van der Waals surface area contributed by atoms with Crippen molar-refractivity contribution in [3.8, 4) is 0 Å². The van der Waals surface area contributed by atoms with E-state index in [1.165, 1.54) is 6.92 Å². The Kier molecular flexibility index (Phi) is 5.20. The number of carbonyl (C=O) groups is 2. The predicted octanol–water partition coefficient (Wildman–Crippen LogP) is 2.40. The molecule has 0 saturated carbocycles. The Morgan fingerprint density at radius 3 is 2.76 bits per heavy atom. The average molecular weight is 368 g/mol. The zero-order valence-electron chi connectivity index (χ0n) is 9.04. The maximum absolute atomic E-state index is 11.8. The predicted molar refractivity (Wildman–Crippen MR) is 73.3 cm³/mol. The molecule has 1 aromatic carbocycles. The van der Waals surface area contributed by atoms with Gasteiger partial charge in [-0.1, -0.05) is 18.5 Å². The fourth-order valence-corrected chi connectivity index (χ4v) is 1.85. The van der Waals surface area contributed by atoms with Crippen LogP contribution < -0.4 is 5.32 Å². The van der Waals surface area contributed by atoms with Crippen LogP contribution >= 0.6 is 34.2 Å². The summed E-state index contributed by atoms with van der Waals surface area (Å²) < 4.78 is 0.771. The molecule has 4 nitrogen and oxygen atoms in total. The second-order valence-electron chi connectivity index (χ2n) is 3.57. The van der Waals surface area contributed by atoms with Crippen molar-refractivity contribution in [1.29, 1.82) is 0 Å². The van der Waals surface area contributed by atoms with Crippen LogP contribution in [0.2, 0.25) is 5.02 Å². The van der Waals surface area contributed by atoms with Gasteiger partial charge in [-0.3, -0.25) is 9.59 Å². The summed E-state index contributed by atoms with van der Waals surface area (Å²) in [6.45, 7) is 1.63. The van der Waals surface area contributed by atoms with Crippen LogP contribution in [0.15, 0.2) is 18.2 Å². The zero-order valence-corrected chi connectivity index (χ0v) is 11.9. The van der Waals surface area contributed by atoms with Crippen LogP contribution in [-0.2, 0) is 4.79 Å². The highest BCUT2D eigenvalue weighted by molar-refractivity contribution is 14.1. The van der Waals surface area contributed by atoms with Crippen LogP contribution in [-0.4, -0.2) is 23.5 Å². The minimum atomic E-state index is -0.939. The summed E-state index contributed by atoms with van der Waals surface area (Å²) in [6, 6.07) is 4.99. The molecule has 92 valence electrons. The molecule has 6 heteroatoms. The van der Waals surface area contributed by atoms with E-state index < -0.39 is 11.9 Å². The van der Waals surface area contributed by atoms with Crippen molar-refractivity contribution in [2.75, 3.05) is 6.54 Å². The first-order valence-corrected chi connectivity index (χ1v) is 6.33. The third-order valence-electron chi connectivity index (χ3n) is 2.16. The molecule has 1 amide bonds. The Morgan fingerprint density at radius 1 is 1.53 bits per heavy atom. The number of benzene rings is 1. The molecule has 2 N–H and O–H groups in total. The second-order valence-corrected chi connectivity index (χ2v) is 5.17. The first-order valence-electron chi connectivity index (χ1n) is 4.88. The Bertz CT molecular complexity index is 450. The molecule has 0 aromatic heterocycles. The molecule has 0 aliphatic carbocycles. The van der Waals surface area contributed by atoms with Crippen molar-refractivity contribution in [2.45, 2.75) is 6.92 Å². The third-order valence-corrected chi connectivity index (χ3v) is 3.34. The normalized spacial score (nSPS) is 11.9. The van der Waals surface area contributed by atoms with Gasteiger partial charge in [0.25, 0.3) is 5.91 Å². The number of hydrogen-bond donors (Lipinski definition) is 2. The van der Waals surface area contributed by atoms with Crippen molar-refractivity contribution in [3.05, 3.63) is 32.4 Å². The average Bonchev–Trinajstić information content (AvgIpc) is 2.28. The number of hydrogen-bond acceptors (Lipinski definition) is 2. The fraction of sp³-hybridized carbons (Fsp3) is 0.273. The molecule has 0 aliphatic rings. The maximum Gasteiger partial charge on any atom is 0.308 e. The SMILES string of the molecule is CC(CNC(=O)c1cc(Cl)ccc1I)C(=O)O. The zero-order chi connectivity index (χ0) is 13.0. The van der Waals surface area contributed by atoms with Gasteiger partial charge in [0.1, 0.15) is 0 Å². The molecule has 0 heterocycles. The van der Waals surface area contributed by atoms with Crippen molar-refractivity contribution >= 4 is 46.1 Å². The third kappa shape index (κ3) is 4.16.